The number of aliphatic hydroxyl groups excluding tert-OH is 1. The van der Waals surface area contributed by atoms with Gasteiger partial charge in [0.25, 0.3) is 0 Å². The molecule has 0 atom stereocenters. The van der Waals surface area contributed by atoms with E-state index in [1.807, 2.05) is 6.08 Å². The number of allylic oxidation sites excluding steroid dienone is 3. The molecule has 0 aromatic carbocycles. The molecule has 74 valence electrons. The fraction of sp³-hybridized carbons (Fsp3) is 0.667. The molecule has 0 heterocycles. The Morgan fingerprint density at radius 1 is 1.38 bits per heavy atom. The van der Waals surface area contributed by atoms with Crippen LogP contribution in [0.3, 0.4) is 0 Å². The molecule has 1 fully saturated rings. The minimum atomic E-state index is 0.183. The van der Waals surface area contributed by atoms with Crippen LogP contribution < -0.4 is 0 Å². The van der Waals surface area contributed by atoms with E-state index in [4.69, 9.17) is 5.11 Å². The van der Waals surface area contributed by atoms with Gasteiger partial charge in [0, 0.05) is 0 Å². The summed E-state index contributed by atoms with van der Waals surface area (Å²) >= 11 is 0. The quantitative estimate of drug-likeness (QED) is 0.659. The van der Waals surface area contributed by atoms with Crippen LogP contribution in [0.2, 0.25) is 0 Å². The highest BCUT2D eigenvalue weighted by molar-refractivity contribution is 5.08. The summed E-state index contributed by atoms with van der Waals surface area (Å²) in [7, 11) is 0. The van der Waals surface area contributed by atoms with Crippen molar-refractivity contribution < 1.29 is 5.11 Å². The SMILES string of the molecule is C/C(=C\CO)CCC=C1CCCC1. The smallest absolute Gasteiger partial charge is 0.0614 e. The van der Waals surface area contributed by atoms with E-state index in [-0.39, 0.29) is 6.61 Å². The number of aliphatic hydroxyl groups is 1. The summed E-state index contributed by atoms with van der Waals surface area (Å²) in [5.74, 6) is 0. The molecule has 0 amide bonds. The van der Waals surface area contributed by atoms with Gasteiger partial charge in [-0.05, 0) is 45.4 Å². The summed E-state index contributed by atoms with van der Waals surface area (Å²) < 4.78 is 0. The average Bonchev–Trinajstić information content (AvgIpc) is 2.57. The Balaban J connectivity index is 2.19. The van der Waals surface area contributed by atoms with Crippen molar-refractivity contribution in [1.29, 1.82) is 0 Å². The summed E-state index contributed by atoms with van der Waals surface area (Å²) in [4.78, 5) is 0. The van der Waals surface area contributed by atoms with Crippen LogP contribution in [0, 0.1) is 0 Å². The lowest BCUT2D eigenvalue weighted by Gasteiger charge is -1.98. The predicted molar refractivity (Wildman–Crippen MR) is 56.6 cm³/mol. The van der Waals surface area contributed by atoms with Crippen LogP contribution in [0.15, 0.2) is 23.3 Å². The highest BCUT2D eigenvalue weighted by Crippen LogP contribution is 2.24. The van der Waals surface area contributed by atoms with E-state index < -0.39 is 0 Å². The molecule has 0 spiro atoms. The van der Waals surface area contributed by atoms with Crippen molar-refractivity contribution in [3.63, 3.8) is 0 Å². The summed E-state index contributed by atoms with van der Waals surface area (Å²) in [6.45, 7) is 2.27. The molecule has 1 saturated carbocycles. The molecular weight excluding hydrogens is 160 g/mol. The standard InChI is InChI=1S/C12H20O/c1-11(9-10-13)5-4-8-12-6-2-3-7-12/h8-9,13H,2-7,10H2,1H3/b11-9+. The van der Waals surface area contributed by atoms with E-state index >= 15 is 0 Å². The van der Waals surface area contributed by atoms with Gasteiger partial charge in [0.05, 0.1) is 6.61 Å². The van der Waals surface area contributed by atoms with E-state index in [0.717, 1.165) is 12.8 Å². The average molecular weight is 180 g/mol. The van der Waals surface area contributed by atoms with Crippen molar-refractivity contribution in [3.05, 3.63) is 23.3 Å². The third-order valence-corrected chi connectivity index (χ3v) is 2.66. The van der Waals surface area contributed by atoms with E-state index in [2.05, 4.69) is 13.0 Å². The molecule has 0 aromatic heterocycles. The number of hydrogen-bond acceptors (Lipinski definition) is 1. The highest BCUT2D eigenvalue weighted by atomic mass is 16.2. The first-order valence-corrected chi connectivity index (χ1v) is 5.27. The molecule has 13 heavy (non-hydrogen) atoms. The molecule has 0 aliphatic heterocycles. The van der Waals surface area contributed by atoms with Crippen LogP contribution >= 0.6 is 0 Å². The minimum Gasteiger partial charge on any atom is -0.392 e. The first-order chi connectivity index (χ1) is 6.33. The normalized spacial score (nSPS) is 18.0. The molecule has 0 saturated heterocycles. The summed E-state index contributed by atoms with van der Waals surface area (Å²) in [6.07, 6.45) is 12.0. The van der Waals surface area contributed by atoms with Gasteiger partial charge < -0.3 is 5.11 Å². The molecule has 0 unspecified atom stereocenters. The molecule has 1 heteroatoms. The van der Waals surface area contributed by atoms with Crippen molar-refractivity contribution in [1.82, 2.24) is 0 Å². The van der Waals surface area contributed by atoms with Gasteiger partial charge in [-0.15, -0.1) is 0 Å². The highest BCUT2D eigenvalue weighted by Gasteiger charge is 2.04. The largest absolute Gasteiger partial charge is 0.392 e. The minimum absolute atomic E-state index is 0.183. The van der Waals surface area contributed by atoms with Crippen LogP contribution in [0.4, 0.5) is 0 Å². The fourth-order valence-corrected chi connectivity index (χ4v) is 1.80. The van der Waals surface area contributed by atoms with Gasteiger partial charge in [0.15, 0.2) is 0 Å². The Hall–Kier alpha value is -0.560. The van der Waals surface area contributed by atoms with Gasteiger partial charge in [0.2, 0.25) is 0 Å². The Morgan fingerprint density at radius 2 is 2.08 bits per heavy atom. The second-order valence-corrected chi connectivity index (χ2v) is 3.84. The van der Waals surface area contributed by atoms with Crippen molar-refractivity contribution in [2.45, 2.75) is 45.4 Å². The number of rotatable bonds is 4. The molecule has 0 aromatic rings. The van der Waals surface area contributed by atoms with E-state index in [1.54, 1.807) is 5.57 Å². The van der Waals surface area contributed by atoms with Crippen molar-refractivity contribution >= 4 is 0 Å². The Labute approximate surface area is 81.2 Å². The second kappa shape index (κ2) is 5.98. The van der Waals surface area contributed by atoms with Crippen LogP contribution in [-0.4, -0.2) is 11.7 Å². The summed E-state index contributed by atoms with van der Waals surface area (Å²) in [5.41, 5.74) is 2.95. The first-order valence-electron chi connectivity index (χ1n) is 5.27. The van der Waals surface area contributed by atoms with Gasteiger partial charge in [-0.2, -0.15) is 0 Å². The van der Waals surface area contributed by atoms with Crippen molar-refractivity contribution in [2.75, 3.05) is 6.61 Å². The Bertz CT molecular complexity index is 193. The lowest BCUT2D eigenvalue weighted by atomic mass is 10.1. The third kappa shape index (κ3) is 4.28. The lowest BCUT2D eigenvalue weighted by Crippen LogP contribution is -1.81. The molecule has 1 aliphatic rings. The zero-order valence-electron chi connectivity index (χ0n) is 8.55. The number of hydrogen-bond donors (Lipinski definition) is 1. The van der Waals surface area contributed by atoms with E-state index in [9.17, 15) is 0 Å². The Morgan fingerprint density at radius 3 is 2.69 bits per heavy atom. The molecule has 1 nitrogen and oxygen atoms in total. The second-order valence-electron chi connectivity index (χ2n) is 3.84. The molecule has 0 radical (unpaired) electrons. The van der Waals surface area contributed by atoms with Crippen molar-refractivity contribution in [3.8, 4) is 0 Å². The molecule has 0 bridgehead atoms. The van der Waals surface area contributed by atoms with Gasteiger partial charge in [-0.3, -0.25) is 0 Å². The fourth-order valence-electron chi connectivity index (χ4n) is 1.80. The first kappa shape index (κ1) is 10.5. The maximum absolute atomic E-state index is 8.66. The zero-order valence-corrected chi connectivity index (χ0v) is 8.55. The van der Waals surface area contributed by atoms with E-state index in [1.165, 1.54) is 31.3 Å². The Kier molecular flexibility index (Phi) is 4.84. The van der Waals surface area contributed by atoms with Crippen LogP contribution in [0.25, 0.3) is 0 Å². The van der Waals surface area contributed by atoms with Crippen molar-refractivity contribution in [2.24, 2.45) is 0 Å². The zero-order chi connectivity index (χ0) is 9.52. The van der Waals surface area contributed by atoms with Crippen LogP contribution in [0.1, 0.15) is 45.4 Å². The van der Waals surface area contributed by atoms with Gasteiger partial charge >= 0.3 is 0 Å². The lowest BCUT2D eigenvalue weighted by molar-refractivity contribution is 0.341. The monoisotopic (exact) mass is 180 g/mol. The summed E-state index contributed by atoms with van der Waals surface area (Å²) in [6, 6.07) is 0. The van der Waals surface area contributed by atoms with Gasteiger partial charge in [-0.1, -0.05) is 23.3 Å². The van der Waals surface area contributed by atoms with Crippen LogP contribution in [0.5, 0.6) is 0 Å². The molecule has 1 rings (SSSR count). The maximum atomic E-state index is 8.66. The molecule has 1 N–H and O–H groups in total. The third-order valence-electron chi connectivity index (χ3n) is 2.66. The summed E-state index contributed by atoms with van der Waals surface area (Å²) in [5, 5.41) is 8.66. The predicted octanol–water partition coefficient (Wildman–Crippen LogP) is 3.21. The van der Waals surface area contributed by atoms with E-state index in [0.29, 0.717) is 0 Å². The van der Waals surface area contributed by atoms with Crippen LogP contribution in [-0.2, 0) is 0 Å². The van der Waals surface area contributed by atoms with Gasteiger partial charge in [0.1, 0.15) is 0 Å². The van der Waals surface area contributed by atoms with Gasteiger partial charge in [-0.25, -0.2) is 0 Å². The topological polar surface area (TPSA) is 20.2 Å². The molecular formula is C12H20O. The molecule has 1 aliphatic carbocycles. The maximum Gasteiger partial charge on any atom is 0.0614 e.